The van der Waals surface area contributed by atoms with Gasteiger partial charge in [-0.2, -0.15) is 0 Å². The van der Waals surface area contributed by atoms with Crippen molar-refractivity contribution in [2.75, 3.05) is 7.11 Å². The van der Waals surface area contributed by atoms with Crippen LogP contribution in [0.4, 0.5) is 0 Å². The molecule has 1 aromatic rings. The minimum Gasteiger partial charge on any atom is -0.507 e. The third-order valence-corrected chi connectivity index (χ3v) is 3.03. The molecule has 0 saturated carbocycles. The second kappa shape index (κ2) is 4.31. The fourth-order valence-electron chi connectivity index (χ4n) is 2.14. The maximum atomic E-state index is 12.0. The molecule has 0 spiro atoms. The van der Waals surface area contributed by atoms with Crippen LogP contribution < -0.4 is 4.74 Å². The van der Waals surface area contributed by atoms with Crippen molar-refractivity contribution in [2.24, 2.45) is 0 Å². The molecule has 100 valence electrons. The van der Waals surface area contributed by atoms with E-state index in [4.69, 9.17) is 4.74 Å². The van der Waals surface area contributed by atoms with E-state index >= 15 is 0 Å². The Balaban J connectivity index is 2.92. The standard InChI is InChI=1S/C13H12O6/c1-3-5-10(16)8-6(14)4-7(15)13(19-2)9(8)12(18)11(5)17/h4,14-16H,3H2,1-2H3. The summed E-state index contributed by atoms with van der Waals surface area (Å²) in [5, 5.41) is 29.4. The van der Waals surface area contributed by atoms with E-state index in [0.717, 1.165) is 6.07 Å². The SMILES string of the molecule is CCC1=C(O)c2c(O)cc(O)c(OC)c2C(=O)C1=O. The number of ether oxygens (including phenoxy) is 1. The third-order valence-electron chi connectivity index (χ3n) is 3.03. The summed E-state index contributed by atoms with van der Waals surface area (Å²) in [6.45, 7) is 1.61. The van der Waals surface area contributed by atoms with E-state index in [2.05, 4.69) is 0 Å². The Morgan fingerprint density at radius 1 is 1.05 bits per heavy atom. The average molecular weight is 264 g/mol. The van der Waals surface area contributed by atoms with Gasteiger partial charge in [-0.05, 0) is 6.42 Å². The molecular formula is C13H12O6. The van der Waals surface area contributed by atoms with Gasteiger partial charge in [0, 0.05) is 11.6 Å². The van der Waals surface area contributed by atoms with Crippen molar-refractivity contribution in [3.05, 3.63) is 22.8 Å². The number of benzene rings is 1. The van der Waals surface area contributed by atoms with Crippen LogP contribution in [0.2, 0.25) is 0 Å². The summed E-state index contributed by atoms with van der Waals surface area (Å²) in [5.41, 5.74) is -0.573. The number of carbonyl (C=O) groups is 2. The van der Waals surface area contributed by atoms with E-state index in [0.29, 0.717) is 0 Å². The van der Waals surface area contributed by atoms with E-state index in [1.807, 2.05) is 0 Å². The van der Waals surface area contributed by atoms with Gasteiger partial charge in [0.25, 0.3) is 0 Å². The molecule has 0 fully saturated rings. The first kappa shape index (κ1) is 12.9. The van der Waals surface area contributed by atoms with Gasteiger partial charge in [-0.3, -0.25) is 9.59 Å². The summed E-state index contributed by atoms with van der Waals surface area (Å²) in [7, 11) is 1.21. The monoisotopic (exact) mass is 264 g/mol. The van der Waals surface area contributed by atoms with Crippen molar-refractivity contribution in [2.45, 2.75) is 13.3 Å². The molecule has 19 heavy (non-hydrogen) atoms. The lowest BCUT2D eigenvalue weighted by molar-refractivity contribution is -0.112. The lowest BCUT2D eigenvalue weighted by atomic mass is 9.86. The van der Waals surface area contributed by atoms with Gasteiger partial charge in [0.15, 0.2) is 11.5 Å². The van der Waals surface area contributed by atoms with Crippen LogP contribution in [-0.2, 0) is 4.79 Å². The number of Topliss-reactive ketones (excluding diaryl/α,β-unsaturated/α-hetero) is 2. The van der Waals surface area contributed by atoms with E-state index in [1.165, 1.54) is 7.11 Å². The highest BCUT2D eigenvalue weighted by molar-refractivity contribution is 6.53. The molecule has 2 rings (SSSR count). The zero-order valence-electron chi connectivity index (χ0n) is 10.4. The van der Waals surface area contributed by atoms with E-state index in [1.54, 1.807) is 6.92 Å². The third kappa shape index (κ3) is 1.64. The van der Waals surface area contributed by atoms with Gasteiger partial charge in [0.1, 0.15) is 11.5 Å². The Morgan fingerprint density at radius 2 is 1.68 bits per heavy atom. The first-order chi connectivity index (χ1) is 8.93. The molecule has 3 N–H and O–H groups in total. The number of allylic oxidation sites excluding steroid dienone is 1. The number of aliphatic hydroxyl groups excluding tert-OH is 1. The molecule has 6 nitrogen and oxygen atoms in total. The summed E-state index contributed by atoms with van der Waals surface area (Å²) < 4.78 is 4.87. The van der Waals surface area contributed by atoms with Crippen molar-refractivity contribution in [3.8, 4) is 17.2 Å². The number of hydrogen-bond donors (Lipinski definition) is 3. The van der Waals surface area contributed by atoms with E-state index in [-0.39, 0.29) is 28.9 Å². The number of aliphatic hydroxyl groups is 1. The number of carbonyl (C=O) groups excluding carboxylic acids is 2. The summed E-state index contributed by atoms with van der Waals surface area (Å²) in [6, 6.07) is 0.949. The second-order valence-corrected chi connectivity index (χ2v) is 4.04. The number of aromatic hydroxyl groups is 2. The molecule has 1 aromatic carbocycles. The number of hydrogen-bond acceptors (Lipinski definition) is 6. The van der Waals surface area contributed by atoms with E-state index < -0.39 is 28.8 Å². The maximum Gasteiger partial charge on any atom is 0.238 e. The Kier molecular flexibility index (Phi) is 2.94. The Morgan fingerprint density at radius 3 is 2.21 bits per heavy atom. The smallest absolute Gasteiger partial charge is 0.238 e. The Bertz CT molecular complexity index is 627. The van der Waals surface area contributed by atoms with Gasteiger partial charge < -0.3 is 20.1 Å². The predicted molar refractivity (Wildman–Crippen MR) is 65.5 cm³/mol. The number of fused-ring (bicyclic) bond motifs is 1. The van der Waals surface area contributed by atoms with Gasteiger partial charge in [0.05, 0.1) is 18.2 Å². The maximum absolute atomic E-state index is 12.0. The molecule has 0 aliphatic heterocycles. The first-order valence-corrected chi connectivity index (χ1v) is 5.58. The van der Waals surface area contributed by atoms with Crippen molar-refractivity contribution < 1.29 is 29.6 Å². The molecular weight excluding hydrogens is 252 g/mol. The van der Waals surface area contributed by atoms with Crippen LogP contribution in [0.5, 0.6) is 17.2 Å². The fraction of sp³-hybridized carbons (Fsp3) is 0.231. The average Bonchev–Trinajstić information content (AvgIpc) is 2.36. The predicted octanol–water partition coefficient (Wildman–Crippen LogP) is 1.55. The van der Waals surface area contributed by atoms with Crippen molar-refractivity contribution in [1.82, 2.24) is 0 Å². The number of phenols is 2. The van der Waals surface area contributed by atoms with Crippen LogP contribution in [0.1, 0.15) is 29.3 Å². The van der Waals surface area contributed by atoms with Crippen LogP contribution in [0, 0.1) is 0 Å². The van der Waals surface area contributed by atoms with Gasteiger partial charge in [-0.1, -0.05) is 6.92 Å². The van der Waals surface area contributed by atoms with Crippen LogP contribution >= 0.6 is 0 Å². The van der Waals surface area contributed by atoms with Crippen LogP contribution in [0.25, 0.3) is 5.76 Å². The first-order valence-electron chi connectivity index (χ1n) is 5.58. The highest BCUT2D eigenvalue weighted by Crippen LogP contribution is 2.44. The summed E-state index contributed by atoms with van der Waals surface area (Å²) in [4.78, 5) is 23.9. The quantitative estimate of drug-likeness (QED) is 0.700. The van der Waals surface area contributed by atoms with Crippen molar-refractivity contribution >= 4 is 17.3 Å². The topological polar surface area (TPSA) is 104 Å². The number of rotatable bonds is 2. The minimum absolute atomic E-state index is 0.0689. The van der Waals surface area contributed by atoms with Gasteiger partial charge in [0.2, 0.25) is 11.6 Å². The zero-order valence-corrected chi connectivity index (χ0v) is 10.4. The van der Waals surface area contributed by atoms with Crippen molar-refractivity contribution in [1.29, 1.82) is 0 Å². The summed E-state index contributed by atoms with van der Waals surface area (Å²) in [6.07, 6.45) is 0.151. The molecule has 0 aromatic heterocycles. The zero-order chi connectivity index (χ0) is 14.3. The van der Waals surface area contributed by atoms with Gasteiger partial charge in [-0.25, -0.2) is 0 Å². The lowest BCUT2D eigenvalue weighted by Gasteiger charge is -2.20. The molecule has 1 aliphatic carbocycles. The molecule has 0 saturated heterocycles. The molecule has 0 atom stereocenters. The fourth-order valence-corrected chi connectivity index (χ4v) is 2.14. The lowest BCUT2D eigenvalue weighted by Crippen LogP contribution is -2.24. The summed E-state index contributed by atoms with van der Waals surface area (Å²) in [5.74, 6) is -3.46. The number of methoxy groups -OCH3 is 1. The van der Waals surface area contributed by atoms with E-state index in [9.17, 15) is 24.9 Å². The second-order valence-electron chi connectivity index (χ2n) is 4.04. The van der Waals surface area contributed by atoms with Crippen LogP contribution in [0.3, 0.4) is 0 Å². The Hall–Kier alpha value is -2.50. The molecule has 0 unspecified atom stereocenters. The van der Waals surface area contributed by atoms with Crippen molar-refractivity contribution in [3.63, 3.8) is 0 Å². The minimum atomic E-state index is -0.923. The normalized spacial score (nSPS) is 14.6. The largest absolute Gasteiger partial charge is 0.507 e. The van der Waals surface area contributed by atoms with Gasteiger partial charge in [-0.15, -0.1) is 0 Å². The highest BCUT2D eigenvalue weighted by Gasteiger charge is 2.37. The molecule has 0 amide bonds. The number of phenolic OH excluding ortho intramolecular Hbond substituents is 2. The van der Waals surface area contributed by atoms with Gasteiger partial charge >= 0.3 is 0 Å². The molecule has 0 bridgehead atoms. The Labute approximate surface area is 108 Å². The summed E-state index contributed by atoms with van der Waals surface area (Å²) >= 11 is 0. The molecule has 0 radical (unpaired) electrons. The van der Waals surface area contributed by atoms with Crippen LogP contribution in [0.15, 0.2) is 11.6 Å². The molecule has 6 heteroatoms. The molecule has 0 heterocycles. The molecule has 1 aliphatic rings. The van der Waals surface area contributed by atoms with Crippen LogP contribution in [-0.4, -0.2) is 34.0 Å². The number of ketones is 2. The highest BCUT2D eigenvalue weighted by atomic mass is 16.5.